The Balaban J connectivity index is 1.55. The molecule has 1 N–H and O–H groups in total. The number of carbonyl (C=O) groups excluding carboxylic acids is 1. The number of ether oxygens (including phenoxy) is 1. The zero-order valence-corrected chi connectivity index (χ0v) is 13.1. The van der Waals surface area contributed by atoms with Gasteiger partial charge in [0.1, 0.15) is 5.82 Å². The van der Waals surface area contributed by atoms with Gasteiger partial charge in [-0.1, -0.05) is 0 Å². The number of piperazine rings is 1. The molecule has 0 aromatic carbocycles. The van der Waals surface area contributed by atoms with Gasteiger partial charge in [0, 0.05) is 45.0 Å². The van der Waals surface area contributed by atoms with Crippen LogP contribution in [0.5, 0.6) is 0 Å². The predicted octanol–water partition coefficient (Wildman–Crippen LogP) is 0.742. The summed E-state index contributed by atoms with van der Waals surface area (Å²) >= 11 is 0. The molecular weight excluding hydrogens is 280 g/mol. The Morgan fingerprint density at radius 1 is 1.36 bits per heavy atom. The molecule has 0 aliphatic carbocycles. The molecule has 22 heavy (non-hydrogen) atoms. The number of esters is 1. The second kappa shape index (κ2) is 7.07. The van der Waals surface area contributed by atoms with Gasteiger partial charge in [0.25, 0.3) is 0 Å². The standard InChI is InChI=1S/C16H24N4O2/c1-2-22-16(21)13-3-4-15(18-11-13)20-9-7-19(8-10-20)14-5-6-17-12-14/h3-4,11,14,17H,2,5-10,12H2,1H3. The summed E-state index contributed by atoms with van der Waals surface area (Å²) in [6, 6.07) is 4.41. The van der Waals surface area contributed by atoms with Gasteiger partial charge in [-0.25, -0.2) is 9.78 Å². The molecule has 2 aliphatic heterocycles. The maximum atomic E-state index is 11.6. The van der Waals surface area contributed by atoms with Gasteiger partial charge in [-0.2, -0.15) is 0 Å². The highest BCUT2D eigenvalue weighted by atomic mass is 16.5. The van der Waals surface area contributed by atoms with Crippen LogP contribution in [0.2, 0.25) is 0 Å². The van der Waals surface area contributed by atoms with E-state index in [1.165, 1.54) is 6.42 Å². The minimum absolute atomic E-state index is 0.305. The average Bonchev–Trinajstić information content (AvgIpc) is 3.10. The molecule has 0 bridgehead atoms. The topological polar surface area (TPSA) is 57.7 Å². The van der Waals surface area contributed by atoms with E-state index in [0.717, 1.165) is 45.1 Å². The summed E-state index contributed by atoms with van der Waals surface area (Å²) in [6.07, 6.45) is 2.87. The first kappa shape index (κ1) is 15.2. The zero-order valence-electron chi connectivity index (χ0n) is 13.1. The van der Waals surface area contributed by atoms with Crippen molar-refractivity contribution >= 4 is 11.8 Å². The normalized spacial score (nSPS) is 22.8. The highest BCUT2D eigenvalue weighted by molar-refractivity contribution is 5.89. The molecule has 120 valence electrons. The van der Waals surface area contributed by atoms with E-state index in [-0.39, 0.29) is 5.97 Å². The van der Waals surface area contributed by atoms with Crippen LogP contribution >= 0.6 is 0 Å². The molecule has 0 amide bonds. The summed E-state index contributed by atoms with van der Waals surface area (Å²) in [7, 11) is 0. The predicted molar refractivity (Wildman–Crippen MR) is 85.3 cm³/mol. The highest BCUT2D eigenvalue weighted by Crippen LogP contribution is 2.17. The van der Waals surface area contributed by atoms with Crippen LogP contribution in [0.25, 0.3) is 0 Å². The van der Waals surface area contributed by atoms with Crippen molar-refractivity contribution in [1.29, 1.82) is 0 Å². The first-order chi connectivity index (χ1) is 10.8. The Labute approximate surface area is 131 Å². The van der Waals surface area contributed by atoms with E-state index >= 15 is 0 Å². The Bertz CT molecular complexity index is 491. The SMILES string of the molecule is CCOC(=O)c1ccc(N2CCN(C3CCNC3)CC2)nc1. The Hall–Kier alpha value is -1.66. The monoisotopic (exact) mass is 304 g/mol. The van der Waals surface area contributed by atoms with E-state index in [2.05, 4.69) is 20.1 Å². The number of aromatic nitrogens is 1. The number of nitrogens with one attached hydrogen (secondary N) is 1. The van der Waals surface area contributed by atoms with E-state index in [9.17, 15) is 4.79 Å². The van der Waals surface area contributed by atoms with Crippen molar-refractivity contribution in [2.75, 3.05) is 50.8 Å². The molecule has 1 unspecified atom stereocenters. The van der Waals surface area contributed by atoms with E-state index in [4.69, 9.17) is 4.74 Å². The largest absolute Gasteiger partial charge is 0.462 e. The van der Waals surface area contributed by atoms with Gasteiger partial charge >= 0.3 is 5.97 Å². The summed E-state index contributed by atoms with van der Waals surface area (Å²) in [6.45, 7) is 8.58. The average molecular weight is 304 g/mol. The lowest BCUT2D eigenvalue weighted by Crippen LogP contribution is -2.51. The van der Waals surface area contributed by atoms with E-state index < -0.39 is 0 Å². The fraction of sp³-hybridized carbons (Fsp3) is 0.625. The van der Waals surface area contributed by atoms with Gasteiger partial charge in [0.2, 0.25) is 0 Å². The van der Waals surface area contributed by atoms with Crippen LogP contribution in [0.4, 0.5) is 5.82 Å². The third-order valence-electron chi connectivity index (χ3n) is 4.45. The summed E-state index contributed by atoms with van der Waals surface area (Å²) in [4.78, 5) is 20.9. The lowest BCUT2D eigenvalue weighted by Gasteiger charge is -2.38. The van der Waals surface area contributed by atoms with Crippen LogP contribution in [0, 0.1) is 0 Å². The van der Waals surface area contributed by atoms with Gasteiger partial charge in [0.05, 0.1) is 12.2 Å². The van der Waals surface area contributed by atoms with Gasteiger partial charge in [-0.15, -0.1) is 0 Å². The number of hydrogen-bond donors (Lipinski definition) is 1. The van der Waals surface area contributed by atoms with Crippen LogP contribution in [0.3, 0.4) is 0 Å². The van der Waals surface area contributed by atoms with Crippen molar-refractivity contribution in [1.82, 2.24) is 15.2 Å². The molecule has 0 saturated carbocycles. The van der Waals surface area contributed by atoms with E-state index in [1.54, 1.807) is 19.2 Å². The van der Waals surface area contributed by atoms with Crippen LogP contribution in [0.1, 0.15) is 23.7 Å². The third kappa shape index (κ3) is 3.39. The van der Waals surface area contributed by atoms with Crippen molar-refractivity contribution in [2.24, 2.45) is 0 Å². The van der Waals surface area contributed by atoms with Crippen molar-refractivity contribution in [3.63, 3.8) is 0 Å². The summed E-state index contributed by atoms with van der Waals surface area (Å²) < 4.78 is 4.98. The number of rotatable bonds is 4. The second-order valence-corrected chi connectivity index (χ2v) is 5.80. The molecule has 3 rings (SSSR count). The fourth-order valence-electron chi connectivity index (χ4n) is 3.18. The molecular formula is C16H24N4O2. The number of anilines is 1. The van der Waals surface area contributed by atoms with Crippen molar-refractivity contribution in [3.8, 4) is 0 Å². The van der Waals surface area contributed by atoms with Crippen LogP contribution < -0.4 is 10.2 Å². The van der Waals surface area contributed by atoms with Crippen molar-refractivity contribution in [2.45, 2.75) is 19.4 Å². The Kier molecular flexibility index (Phi) is 4.90. The number of pyridine rings is 1. The van der Waals surface area contributed by atoms with Crippen LogP contribution in [-0.4, -0.2) is 67.8 Å². The first-order valence-electron chi connectivity index (χ1n) is 8.11. The van der Waals surface area contributed by atoms with Gasteiger partial charge in [-0.3, -0.25) is 4.90 Å². The fourth-order valence-corrected chi connectivity index (χ4v) is 3.18. The van der Waals surface area contributed by atoms with Crippen LogP contribution in [0.15, 0.2) is 18.3 Å². The van der Waals surface area contributed by atoms with Gasteiger partial charge < -0.3 is 15.0 Å². The van der Waals surface area contributed by atoms with E-state index in [1.807, 2.05) is 6.07 Å². The number of hydrogen-bond acceptors (Lipinski definition) is 6. The lowest BCUT2D eigenvalue weighted by molar-refractivity contribution is 0.0526. The molecule has 1 aromatic rings. The summed E-state index contributed by atoms with van der Waals surface area (Å²) in [5.41, 5.74) is 0.515. The summed E-state index contributed by atoms with van der Waals surface area (Å²) in [5, 5.41) is 3.43. The highest BCUT2D eigenvalue weighted by Gasteiger charge is 2.26. The van der Waals surface area contributed by atoms with Crippen LogP contribution in [-0.2, 0) is 4.74 Å². The molecule has 0 radical (unpaired) electrons. The molecule has 1 aromatic heterocycles. The molecule has 6 heteroatoms. The Morgan fingerprint density at radius 2 is 2.18 bits per heavy atom. The van der Waals surface area contributed by atoms with Gasteiger partial charge in [0.15, 0.2) is 0 Å². The molecule has 1 atom stereocenters. The maximum absolute atomic E-state index is 11.6. The first-order valence-corrected chi connectivity index (χ1v) is 8.11. The molecule has 2 aliphatic rings. The second-order valence-electron chi connectivity index (χ2n) is 5.80. The smallest absolute Gasteiger partial charge is 0.339 e. The maximum Gasteiger partial charge on any atom is 0.339 e. The minimum Gasteiger partial charge on any atom is -0.462 e. The quantitative estimate of drug-likeness (QED) is 0.828. The van der Waals surface area contributed by atoms with E-state index in [0.29, 0.717) is 18.2 Å². The molecule has 2 saturated heterocycles. The lowest BCUT2D eigenvalue weighted by atomic mass is 10.2. The third-order valence-corrected chi connectivity index (χ3v) is 4.45. The van der Waals surface area contributed by atoms with Gasteiger partial charge in [-0.05, 0) is 32.0 Å². The molecule has 3 heterocycles. The minimum atomic E-state index is -0.305. The molecule has 6 nitrogen and oxygen atoms in total. The zero-order chi connectivity index (χ0) is 15.4. The number of nitrogens with zero attached hydrogens (tertiary/aromatic N) is 3. The van der Waals surface area contributed by atoms with Crippen molar-refractivity contribution in [3.05, 3.63) is 23.9 Å². The Morgan fingerprint density at radius 3 is 2.77 bits per heavy atom. The van der Waals surface area contributed by atoms with Crippen molar-refractivity contribution < 1.29 is 9.53 Å². The molecule has 0 spiro atoms. The molecule has 2 fully saturated rings. The summed E-state index contributed by atoms with van der Waals surface area (Å²) in [5.74, 6) is 0.636. The number of carbonyl (C=O) groups is 1.